The molecule has 112 valence electrons. The summed E-state index contributed by atoms with van der Waals surface area (Å²) in [5, 5.41) is 0. The van der Waals surface area contributed by atoms with Gasteiger partial charge in [-0.15, -0.1) is 0 Å². The van der Waals surface area contributed by atoms with Crippen LogP contribution in [0.25, 0.3) is 0 Å². The van der Waals surface area contributed by atoms with E-state index in [0.717, 1.165) is 17.5 Å². The molecule has 20 heavy (non-hydrogen) atoms. The topological polar surface area (TPSA) is 66.6 Å². The zero-order chi connectivity index (χ0) is 15.1. The van der Waals surface area contributed by atoms with Crippen molar-refractivity contribution in [2.45, 2.75) is 31.2 Å². The molecule has 0 saturated carbocycles. The Hall–Kier alpha value is -1.11. The summed E-state index contributed by atoms with van der Waals surface area (Å²) >= 11 is 0. The third kappa shape index (κ3) is 2.68. The van der Waals surface area contributed by atoms with E-state index in [9.17, 15) is 8.42 Å². The van der Waals surface area contributed by atoms with Crippen molar-refractivity contribution < 1.29 is 8.42 Å². The Morgan fingerprint density at radius 3 is 2.50 bits per heavy atom. The third-order valence-corrected chi connectivity index (χ3v) is 6.11. The molecule has 0 bridgehead atoms. The molecule has 6 heteroatoms. The predicted molar refractivity (Wildman–Crippen MR) is 81.2 cm³/mol. The van der Waals surface area contributed by atoms with Crippen LogP contribution in [0.15, 0.2) is 17.0 Å². The summed E-state index contributed by atoms with van der Waals surface area (Å²) in [7, 11) is 0.512. The number of nitrogens with zero attached hydrogens (tertiary/aromatic N) is 2. The van der Waals surface area contributed by atoms with Gasteiger partial charge in [0.25, 0.3) is 0 Å². The number of benzene rings is 1. The lowest BCUT2D eigenvalue weighted by atomic mass is 10.1. The van der Waals surface area contributed by atoms with Crippen molar-refractivity contribution in [1.82, 2.24) is 9.21 Å². The van der Waals surface area contributed by atoms with Crippen LogP contribution < -0.4 is 5.73 Å². The first-order chi connectivity index (χ1) is 9.23. The van der Waals surface area contributed by atoms with Crippen LogP contribution in [0.1, 0.15) is 17.5 Å². The van der Waals surface area contributed by atoms with Crippen molar-refractivity contribution in [2.24, 2.45) is 0 Å². The lowest BCUT2D eigenvalue weighted by molar-refractivity contribution is 0.302. The molecule has 0 amide bonds. The molecule has 1 heterocycles. The number of rotatable bonds is 3. The Balaban J connectivity index is 2.37. The maximum Gasteiger partial charge on any atom is 0.243 e. The van der Waals surface area contributed by atoms with Gasteiger partial charge in [0.1, 0.15) is 0 Å². The molecule has 0 aromatic heterocycles. The summed E-state index contributed by atoms with van der Waals surface area (Å²) in [6.07, 6.45) is 0.868. The van der Waals surface area contributed by atoms with Gasteiger partial charge in [0, 0.05) is 24.8 Å². The Labute approximate surface area is 121 Å². The van der Waals surface area contributed by atoms with E-state index < -0.39 is 10.0 Å². The van der Waals surface area contributed by atoms with E-state index in [1.165, 1.54) is 0 Å². The molecule has 1 atom stereocenters. The maximum absolute atomic E-state index is 12.8. The molecule has 5 nitrogen and oxygen atoms in total. The van der Waals surface area contributed by atoms with E-state index in [4.69, 9.17) is 5.73 Å². The average Bonchev–Trinajstić information content (AvgIpc) is 2.83. The minimum atomic E-state index is -3.45. The van der Waals surface area contributed by atoms with Crippen molar-refractivity contribution in [3.8, 4) is 0 Å². The van der Waals surface area contributed by atoms with E-state index in [2.05, 4.69) is 4.90 Å². The van der Waals surface area contributed by atoms with Gasteiger partial charge in [-0.3, -0.25) is 0 Å². The van der Waals surface area contributed by atoms with E-state index in [1.54, 1.807) is 16.4 Å². The molecule has 2 N–H and O–H groups in total. The molecular weight excluding hydrogens is 274 g/mol. The highest BCUT2D eigenvalue weighted by molar-refractivity contribution is 7.89. The number of nitrogen functional groups attached to an aromatic ring is 1. The normalized spacial score (nSPS) is 20.8. The van der Waals surface area contributed by atoms with E-state index >= 15 is 0 Å². The van der Waals surface area contributed by atoms with Crippen molar-refractivity contribution in [2.75, 3.05) is 32.9 Å². The van der Waals surface area contributed by atoms with Crippen molar-refractivity contribution in [3.05, 3.63) is 23.3 Å². The van der Waals surface area contributed by atoms with Crippen LogP contribution >= 0.6 is 0 Å². The number of sulfonamides is 1. The quantitative estimate of drug-likeness (QED) is 0.852. The SMILES string of the molecule is Cc1cc(N)cc(S(=O)(=O)N2CCC(N(C)C)C2)c1C. The smallest absolute Gasteiger partial charge is 0.243 e. The molecule has 0 spiro atoms. The number of nitrogens with two attached hydrogens (primary N) is 1. The van der Waals surface area contributed by atoms with Crippen molar-refractivity contribution in [1.29, 1.82) is 0 Å². The lowest BCUT2D eigenvalue weighted by Gasteiger charge is -2.21. The molecule has 1 unspecified atom stereocenters. The predicted octanol–water partition coefficient (Wildman–Crippen LogP) is 1.21. The van der Waals surface area contributed by atoms with E-state index in [1.807, 2.05) is 27.9 Å². The minimum absolute atomic E-state index is 0.284. The zero-order valence-electron chi connectivity index (χ0n) is 12.5. The molecule has 1 fully saturated rings. The second-order valence-corrected chi connectivity index (χ2v) is 7.64. The molecular formula is C14H23N3O2S. The molecule has 0 aliphatic carbocycles. The van der Waals surface area contributed by atoms with Crippen molar-refractivity contribution >= 4 is 15.7 Å². The third-order valence-electron chi connectivity index (χ3n) is 4.12. The van der Waals surface area contributed by atoms with Crippen molar-refractivity contribution in [3.63, 3.8) is 0 Å². The molecule has 1 saturated heterocycles. The summed E-state index contributed by atoms with van der Waals surface area (Å²) in [4.78, 5) is 2.42. The average molecular weight is 297 g/mol. The van der Waals surface area contributed by atoms with E-state index in [0.29, 0.717) is 23.7 Å². The highest BCUT2D eigenvalue weighted by Crippen LogP contribution is 2.28. The van der Waals surface area contributed by atoms with Gasteiger partial charge in [-0.2, -0.15) is 4.31 Å². The molecule has 1 aromatic carbocycles. The zero-order valence-corrected chi connectivity index (χ0v) is 13.4. The standard InChI is InChI=1S/C14H23N3O2S/c1-10-7-12(15)8-14(11(10)2)20(18,19)17-6-5-13(9-17)16(3)4/h7-8,13H,5-6,9,15H2,1-4H3. The first-order valence-electron chi connectivity index (χ1n) is 6.76. The molecule has 1 aliphatic rings. The summed E-state index contributed by atoms with van der Waals surface area (Å²) in [6, 6.07) is 3.66. The fourth-order valence-corrected chi connectivity index (χ4v) is 4.44. The Morgan fingerprint density at radius 1 is 1.30 bits per heavy atom. The van der Waals surface area contributed by atoms with Gasteiger partial charge in [-0.25, -0.2) is 8.42 Å². The van der Waals surface area contributed by atoms with Gasteiger partial charge >= 0.3 is 0 Å². The summed E-state index contributed by atoms with van der Waals surface area (Å²) in [5.41, 5.74) is 8.00. The Kier molecular flexibility index (Phi) is 4.09. The monoisotopic (exact) mass is 297 g/mol. The fraction of sp³-hybridized carbons (Fsp3) is 0.571. The summed E-state index contributed by atoms with van der Waals surface area (Å²) in [5.74, 6) is 0. The number of likely N-dealkylation sites (N-methyl/N-ethyl adjacent to an activating group) is 1. The largest absolute Gasteiger partial charge is 0.399 e. The van der Waals surface area contributed by atoms with Crippen LogP contribution in [0, 0.1) is 13.8 Å². The second kappa shape index (κ2) is 5.35. The van der Waals surface area contributed by atoms with Gasteiger partial charge in [0.2, 0.25) is 10.0 Å². The van der Waals surface area contributed by atoms with Gasteiger partial charge in [-0.1, -0.05) is 0 Å². The number of hydrogen-bond donors (Lipinski definition) is 1. The second-order valence-electron chi connectivity index (χ2n) is 5.73. The van der Waals surface area contributed by atoms with Gasteiger partial charge in [0.15, 0.2) is 0 Å². The first kappa shape index (κ1) is 15.3. The Bertz CT molecular complexity index is 611. The van der Waals surface area contributed by atoms with Crippen LogP contribution in [-0.4, -0.2) is 50.8 Å². The first-order valence-corrected chi connectivity index (χ1v) is 8.21. The Morgan fingerprint density at radius 2 is 1.95 bits per heavy atom. The highest BCUT2D eigenvalue weighted by atomic mass is 32.2. The molecule has 0 radical (unpaired) electrons. The highest BCUT2D eigenvalue weighted by Gasteiger charge is 2.34. The fourth-order valence-electron chi connectivity index (χ4n) is 2.61. The number of hydrogen-bond acceptors (Lipinski definition) is 4. The van der Waals surface area contributed by atoms with Crippen LogP contribution in [0.4, 0.5) is 5.69 Å². The summed E-state index contributed by atoms with van der Waals surface area (Å²) in [6.45, 7) is 4.83. The molecule has 1 aliphatic heterocycles. The number of anilines is 1. The van der Waals surface area contributed by atoms with Crippen LogP contribution in [0.5, 0.6) is 0 Å². The molecule has 2 rings (SSSR count). The van der Waals surface area contributed by atoms with E-state index in [-0.39, 0.29) is 6.04 Å². The van der Waals surface area contributed by atoms with Crippen LogP contribution in [0.2, 0.25) is 0 Å². The molecule has 1 aromatic rings. The summed E-state index contributed by atoms with van der Waals surface area (Å²) < 4.78 is 27.1. The van der Waals surface area contributed by atoms with Gasteiger partial charge in [-0.05, 0) is 57.6 Å². The van der Waals surface area contributed by atoms with Gasteiger partial charge < -0.3 is 10.6 Å². The lowest BCUT2D eigenvalue weighted by Crippen LogP contribution is -2.34. The van der Waals surface area contributed by atoms with Gasteiger partial charge in [0.05, 0.1) is 4.90 Å². The maximum atomic E-state index is 12.8. The minimum Gasteiger partial charge on any atom is -0.399 e. The number of aryl methyl sites for hydroxylation is 1. The van der Waals surface area contributed by atoms with Crippen LogP contribution in [0.3, 0.4) is 0 Å². The van der Waals surface area contributed by atoms with Crippen LogP contribution in [-0.2, 0) is 10.0 Å².